The summed E-state index contributed by atoms with van der Waals surface area (Å²) in [5.74, 6) is 1.38. The van der Waals surface area contributed by atoms with Crippen LogP contribution in [-0.4, -0.2) is 37.6 Å². The number of anilines is 1. The molecule has 1 aliphatic heterocycles. The Balaban J connectivity index is 1.39. The van der Waals surface area contributed by atoms with Gasteiger partial charge in [0.2, 0.25) is 5.91 Å². The van der Waals surface area contributed by atoms with Crippen LogP contribution in [0.2, 0.25) is 0 Å². The van der Waals surface area contributed by atoms with Crippen molar-refractivity contribution in [1.82, 2.24) is 4.90 Å². The number of nitrogens with one attached hydrogen (secondary N) is 1. The Labute approximate surface area is 147 Å². The van der Waals surface area contributed by atoms with Gasteiger partial charge in [0.25, 0.3) is 0 Å². The molecule has 5 nitrogen and oxygen atoms in total. The smallest absolute Gasteiger partial charge is 0.238 e. The van der Waals surface area contributed by atoms with Gasteiger partial charge in [-0.1, -0.05) is 24.3 Å². The van der Waals surface area contributed by atoms with Crippen LogP contribution in [0.15, 0.2) is 42.5 Å². The van der Waals surface area contributed by atoms with E-state index in [0.29, 0.717) is 31.5 Å². The first-order valence-electron chi connectivity index (χ1n) is 8.68. The highest BCUT2D eigenvalue weighted by atomic mass is 16.6. The van der Waals surface area contributed by atoms with Gasteiger partial charge in [-0.25, -0.2) is 0 Å². The average molecular weight is 338 g/mol. The second-order valence-electron chi connectivity index (χ2n) is 6.58. The number of hydrogen-bond donors (Lipinski definition) is 1. The Kier molecular flexibility index (Phi) is 4.32. The Bertz CT molecular complexity index is 790. The van der Waals surface area contributed by atoms with Crippen LogP contribution in [0.1, 0.15) is 23.6 Å². The zero-order valence-corrected chi connectivity index (χ0v) is 14.3. The summed E-state index contributed by atoms with van der Waals surface area (Å²) in [6.07, 6.45) is 2.14. The molecule has 1 N–H and O–H groups in total. The second kappa shape index (κ2) is 6.76. The summed E-state index contributed by atoms with van der Waals surface area (Å²) in [6.45, 7) is 1.45. The number of carbonyl (C=O) groups excluding carboxylic acids is 1. The Morgan fingerprint density at radius 2 is 1.96 bits per heavy atom. The molecule has 1 amide bonds. The number of carbonyl (C=O) groups is 1. The molecule has 0 fully saturated rings. The van der Waals surface area contributed by atoms with Crippen LogP contribution in [0.4, 0.5) is 5.69 Å². The molecule has 2 aromatic carbocycles. The van der Waals surface area contributed by atoms with E-state index in [0.717, 1.165) is 24.3 Å². The van der Waals surface area contributed by atoms with E-state index >= 15 is 0 Å². The van der Waals surface area contributed by atoms with Gasteiger partial charge in [0, 0.05) is 17.8 Å². The van der Waals surface area contributed by atoms with Gasteiger partial charge in [-0.2, -0.15) is 0 Å². The number of nitrogens with zero attached hydrogens (tertiary/aromatic N) is 1. The van der Waals surface area contributed by atoms with Gasteiger partial charge in [0.15, 0.2) is 11.5 Å². The highest BCUT2D eigenvalue weighted by Crippen LogP contribution is 2.35. The van der Waals surface area contributed by atoms with Crippen molar-refractivity contribution in [3.63, 3.8) is 0 Å². The molecule has 4 rings (SSSR count). The maximum Gasteiger partial charge on any atom is 0.238 e. The standard InChI is InChI=1S/C20H22N2O3/c1-22(17-8-6-14-4-2-3-5-16(14)17)13-20(23)21-15-7-9-18-19(12-15)25-11-10-24-18/h2-5,7,9,12,17H,6,8,10-11,13H2,1H3,(H,21,23)/t17-/m0/s1. The van der Waals surface area contributed by atoms with Gasteiger partial charge < -0.3 is 14.8 Å². The summed E-state index contributed by atoms with van der Waals surface area (Å²) < 4.78 is 11.1. The molecule has 0 saturated carbocycles. The van der Waals surface area contributed by atoms with Crippen LogP contribution in [0.3, 0.4) is 0 Å². The molecule has 1 heterocycles. The lowest BCUT2D eigenvalue weighted by Gasteiger charge is -2.25. The van der Waals surface area contributed by atoms with Gasteiger partial charge in [-0.15, -0.1) is 0 Å². The number of amides is 1. The third kappa shape index (κ3) is 3.33. The lowest BCUT2D eigenvalue weighted by Crippen LogP contribution is -2.32. The first-order chi connectivity index (χ1) is 12.2. The van der Waals surface area contributed by atoms with E-state index in [9.17, 15) is 4.79 Å². The fourth-order valence-corrected chi connectivity index (χ4v) is 3.65. The summed E-state index contributed by atoms with van der Waals surface area (Å²) in [7, 11) is 2.01. The molecule has 5 heteroatoms. The molecule has 2 aromatic rings. The van der Waals surface area contributed by atoms with E-state index in [4.69, 9.17) is 9.47 Å². The predicted molar refractivity (Wildman–Crippen MR) is 96.2 cm³/mol. The first-order valence-corrected chi connectivity index (χ1v) is 8.68. The van der Waals surface area contributed by atoms with Crippen LogP contribution in [0, 0.1) is 0 Å². The summed E-state index contributed by atoms with van der Waals surface area (Å²) in [5, 5.41) is 2.95. The van der Waals surface area contributed by atoms with E-state index < -0.39 is 0 Å². The number of hydrogen-bond acceptors (Lipinski definition) is 4. The fraction of sp³-hybridized carbons (Fsp3) is 0.350. The molecule has 0 bridgehead atoms. The highest BCUT2D eigenvalue weighted by molar-refractivity contribution is 5.92. The minimum absolute atomic E-state index is 0.0245. The quantitative estimate of drug-likeness (QED) is 0.931. The number of rotatable bonds is 4. The lowest BCUT2D eigenvalue weighted by atomic mass is 10.1. The van der Waals surface area contributed by atoms with E-state index in [1.165, 1.54) is 11.1 Å². The molecule has 1 atom stereocenters. The van der Waals surface area contributed by atoms with Crippen molar-refractivity contribution in [3.8, 4) is 11.5 Å². The summed E-state index contributed by atoms with van der Waals surface area (Å²) in [6, 6.07) is 14.3. The molecular formula is C20H22N2O3. The molecular weight excluding hydrogens is 316 g/mol. The van der Waals surface area contributed by atoms with Crippen LogP contribution in [-0.2, 0) is 11.2 Å². The van der Waals surface area contributed by atoms with Crippen LogP contribution in [0.25, 0.3) is 0 Å². The maximum absolute atomic E-state index is 12.4. The zero-order valence-electron chi connectivity index (χ0n) is 14.3. The molecule has 0 aromatic heterocycles. The second-order valence-corrected chi connectivity index (χ2v) is 6.58. The molecule has 1 aliphatic carbocycles. The van der Waals surface area contributed by atoms with Gasteiger partial charge >= 0.3 is 0 Å². The topological polar surface area (TPSA) is 50.8 Å². The summed E-state index contributed by atoms with van der Waals surface area (Å²) >= 11 is 0. The van der Waals surface area contributed by atoms with Crippen molar-refractivity contribution in [2.45, 2.75) is 18.9 Å². The number of ether oxygens (including phenoxy) is 2. The predicted octanol–water partition coefficient (Wildman–Crippen LogP) is 3.02. The first kappa shape index (κ1) is 16.0. The maximum atomic E-state index is 12.4. The van der Waals surface area contributed by atoms with Crippen LogP contribution in [0.5, 0.6) is 11.5 Å². The number of likely N-dealkylation sites (N-methyl/N-ethyl adjacent to an activating group) is 1. The van der Waals surface area contributed by atoms with Crippen molar-refractivity contribution >= 4 is 11.6 Å². The molecule has 2 aliphatic rings. The van der Waals surface area contributed by atoms with Crippen molar-refractivity contribution in [2.24, 2.45) is 0 Å². The summed E-state index contributed by atoms with van der Waals surface area (Å²) in [5.41, 5.74) is 3.47. The molecule has 0 saturated heterocycles. The Morgan fingerprint density at radius 3 is 2.84 bits per heavy atom. The Morgan fingerprint density at radius 1 is 1.16 bits per heavy atom. The largest absolute Gasteiger partial charge is 0.486 e. The number of fused-ring (bicyclic) bond motifs is 2. The van der Waals surface area contributed by atoms with Crippen molar-refractivity contribution in [1.29, 1.82) is 0 Å². The minimum atomic E-state index is -0.0245. The zero-order chi connectivity index (χ0) is 17.2. The van der Waals surface area contributed by atoms with Gasteiger partial charge in [-0.3, -0.25) is 9.69 Å². The van der Waals surface area contributed by atoms with Gasteiger partial charge in [0.1, 0.15) is 13.2 Å². The SMILES string of the molecule is CN(CC(=O)Nc1ccc2c(c1)OCCO2)[C@H]1CCc2ccccc21. The molecule has 0 unspecified atom stereocenters. The van der Waals surface area contributed by atoms with Crippen molar-refractivity contribution in [3.05, 3.63) is 53.6 Å². The number of aryl methyl sites for hydroxylation is 1. The van der Waals surface area contributed by atoms with E-state index in [1.807, 2.05) is 25.2 Å². The van der Waals surface area contributed by atoms with Crippen LogP contribution >= 0.6 is 0 Å². The van der Waals surface area contributed by atoms with Gasteiger partial charge in [0.05, 0.1) is 6.54 Å². The number of benzene rings is 2. The molecule has 0 spiro atoms. The van der Waals surface area contributed by atoms with E-state index in [-0.39, 0.29) is 5.91 Å². The average Bonchev–Trinajstić information content (AvgIpc) is 3.05. The molecule has 130 valence electrons. The van der Waals surface area contributed by atoms with Gasteiger partial charge in [-0.05, 0) is 43.1 Å². The van der Waals surface area contributed by atoms with E-state index in [1.54, 1.807) is 0 Å². The normalized spacial score (nSPS) is 18.1. The molecule has 0 radical (unpaired) electrons. The van der Waals surface area contributed by atoms with Crippen molar-refractivity contribution < 1.29 is 14.3 Å². The van der Waals surface area contributed by atoms with Crippen LogP contribution < -0.4 is 14.8 Å². The highest BCUT2D eigenvalue weighted by Gasteiger charge is 2.26. The lowest BCUT2D eigenvalue weighted by molar-refractivity contribution is -0.117. The third-order valence-electron chi connectivity index (χ3n) is 4.85. The minimum Gasteiger partial charge on any atom is -0.486 e. The van der Waals surface area contributed by atoms with Crippen molar-refractivity contribution in [2.75, 3.05) is 32.1 Å². The third-order valence-corrected chi connectivity index (χ3v) is 4.85. The fourth-order valence-electron chi connectivity index (χ4n) is 3.65. The van der Waals surface area contributed by atoms with E-state index in [2.05, 4.69) is 34.5 Å². The molecule has 25 heavy (non-hydrogen) atoms. The monoisotopic (exact) mass is 338 g/mol. The Hall–Kier alpha value is -2.53. The summed E-state index contributed by atoms with van der Waals surface area (Å²) in [4.78, 5) is 14.6.